The molecule has 1 amide bonds. The fraction of sp³-hybridized carbons (Fsp3) is 0.312. The fourth-order valence-electron chi connectivity index (χ4n) is 2.07. The van der Waals surface area contributed by atoms with Gasteiger partial charge in [0.05, 0.1) is 0 Å². The summed E-state index contributed by atoms with van der Waals surface area (Å²) in [5.74, 6) is 1.03. The Labute approximate surface area is 135 Å². The van der Waals surface area contributed by atoms with Gasteiger partial charge in [-0.15, -0.1) is 10.2 Å². The molecule has 0 unspecified atom stereocenters. The Bertz CT molecular complexity index is 626. The first-order valence-corrected chi connectivity index (χ1v) is 7.67. The SMILES string of the molecule is CCC(CC)C(=O)Nc1ccc(Nc2cccc(Cl)c2)nn1. The molecule has 1 aromatic carbocycles. The highest BCUT2D eigenvalue weighted by atomic mass is 35.5. The van der Waals surface area contributed by atoms with Crippen LogP contribution in [0, 0.1) is 5.92 Å². The Morgan fingerprint density at radius 3 is 2.41 bits per heavy atom. The van der Waals surface area contributed by atoms with E-state index in [4.69, 9.17) is 11.6 Å². The van der Waals surface area contributed by atoms with Gasteiger partial charge in [0.1, 0.15) is 0 Å². The normalized spacial score (nSPS) is 10.5. The zero-order valence-electron chi connectivity index (χ0n) is 12.6. The minimum atomic E-state index is -0.0187. The molecule has 6 heteroatoms. The second-order valence-electron chi connectivity index (χ2n) is 4.94. The number of rotatable bonds is 6. The van der Waals surface area contributed by atoms with Crippen LogP contribution in [0.4, 0.5) is 17.3 Å². The van der Waals surface area contributed by atoms with Crippen LogP contribution in [0.5, 0.6) is 0 Å². The van der Waals surface area contributed by atoms with E-state index in [1.54, 1.807) is 24.3 Å². The first kappa shape index (κ1) is 16.2. The van der Waals surface area contributed by atoms with E-state index in [0.717, 1.165) is 18.5 Å². The lowest BCUT2D eigenvalue weighted by Crippen LogP contribution is -2.22. The van der Waals surface area contributed by atoms with Gasteiger partial charge in [0.25, 0.3) is 0 Å². The van der Waals surface area contributed by atoms with Gasteiger partial charge in [-0.3, -0.25) is 4.79 Å². The van der Waals surface area contributed by atoms with Crippen LogP contribution in [-0.2, 0) is 4.79 Å². The van der Waals surface area contributed by atoms with Crippen molar-refractivity contribution in [2.75, 3.05) is 10.6 Å². The summed E-state index contributed by atoms with van der Waals surface area (Å²) in [6.07, 6.45) is 1.62. The molecule has 5 nitrogen and oxygen atoms in total. The van der Waals surface area contributed by atoms with Gasteiger partial charge in [-0.2, -0.15) is 0 Å². The molecule has 2 N–H and O–H groups in total. The number of aromatic nitrogens is 2. The highest BCUT2D eigenvalue weighted by Crippen LogP contribution is 2.19. The lowest BCUT2D eigenvalue weighted by Gasteiger charge is -2.12. The van der Waals surface area contributed by atoms with E-state index < -0.39 is 0 Å². The lowest BCUT2D eigenvalue weighted by atomic mass is 10.0. The number of carbonyl (C=O) groups is 1. The summed E-state index contributed by atoms with van der Waals surface area (Å²) in [6, 6.07) is 10.8. The molecule has 0 aliphatic rings. The van der Waals surface area contributed by atoms with Crippen molar-refractivity contribution in [1.29, 1.82) is 0 Å². The van der Waals surface area contributed by atoms with Crippen molar-refractivity contribution in [1.82, 2.24) is 10.2 Å². The van der Waals surface area contributed by atoms with Crippen LogP contribution in [-0.4, -0.2) is 16.1 Å². The molecule has 0 radical (unpaired) electrons. The van der Waals surface area contributed by atoms with Gasteiger partial charge in [0.15, 0.2) is 11.6 Å². The molecule has 0 spiro atoms. The third-order valence-electron chi connectivity index (χ3n) is 3.37. The van der Waals surface area contributed by atoms with E-state index in [9.17, 15) is 4.79 Å². The second kappa shape index (κ2) is 7.75. The summed E-state index contributed by atoms with van der Waals surface area (Å²) < 4.78 is 0. The molecule has 0 aliphatic carbocycles. The van der Waals surface area contributed by atoms with Crippen LogP contribution in [0.25, 0.3) is 0 Å². The monoisotopic (exact) mass is 318 g/mol. The van der Waals surface area contributed by atoms with Crippen molar-refractivity contribution in [3.63, 3.8) is 0 Å². The molecule has 1 heterocycles. The Balaban J connectivity index is 2.00. The third-order valence-corrected chi connectivity index (χ3v) is 3.60. The minimum absolute atomic E-state index is 0.00561. The largest absolute Gasteiger partial charge is 0.339 e. The molecule has 0 bridgehead atoms. The van der Waals surface area contributed by atoms with E-state index in [0.29, 0.717) is 16.7 Å². The predicted octanol–water partition coefficient (Wildman–Crippen LogP) is 4.25. The van der Waals surface area contributed by atoms with Gasteiger partial charge in [0, 0.05) is 16.6 Å². The average molecular weight is 319 g/mol. The van der Waals surface area contributed by atoms with Gasteiger partial charge in [0.2, 0.25) is 5.91 Å². The highest BCUT2D eigenvalue weighted by molar-refractivity contribution is 6.30. The first-order chi connectivity index (χ1) is 10.6. The van der Waals surface area contributed by atoms with Crippen LogP contribution in [0.1, 0.15) is 26.7 Å². The number of benzene rings is 1. The summed E-state index contributed by atoms with van der Waals surface area (Å²) in [6.45, 7) is 3.99. The summed E-state index contributed by atoms with van der Waals surface area (Å²) in [4.78, 5) is 12.0. The zero-order valence-corrected chi connectivity index (χ0v) is 13.4. The fourth-order valence-corrected chi connectivity index (χ4v) is 2.26. The summed E-state index contributed by atoms with van der Waals surface area (Å²) >= 11 is 5.93. The highest BCUT2D eigenvalue weighted by Gasteiger charge is 2.14. The van der Waals surface area contributed by atoms with Gasteiger partial charge in [-0.1, -0.05) is 31.5 Å². The maximum absolute atomic E-state index is 12.0. The van der Waals surface area contributed by atoms with Crippen LogP contribution in [0.3, 0.4) is 0 Å². The molecular formula is C16H19ClN4O. The van der Waals surface area contributed by atoms with Crippen molar-refractivity contribution in [3.05, 3.63) is 41.4 Å². The number of carbonyl (C=O) groups excluding carboxylic acids is 1. The number of amides is 1. The number of nitrogens with zero attached hydrogens (tertiary/aromatic N) is 2. The van der Waals surface area contributed by atoms with Gasteiger partial charge in [-0.25, -0.2) is 0 Å². The minimum Gasteiger partial charge on any atom is -0.339 e. The quantitative estimate of drug-likeness (QED) is 0.835. The molecular weight excluding hydrogens is 300 g/mol. The molecule has 116 valence electrons. The summed E-state index contributed by atoms with van der Waals surface area (Å²) in [7, 11) is 0. The molecule has 0 aliphatic heterocycles. The van der Waals surface area contributed by atoms with E-state index in [2.05, 4.69) is 20.8 Å². The Kier molecular flexibility index (Phi) is 5.72. The smallest absolute Gasteiger partial charge is 0.228 e. The second-order valence-corrected chi connectivity index (χ2v) is 5.38. The van der Waals surface area contributed by atoms with Gasteiger partial charge >= 0.3 is 0 Å². The number of nitrogens with one attached hydrogen (secondary N) is 2. The summed E-state index contributed by atoms with van der Waals surface area (Å²) in [5, 5.41) is 14.6. The molecule has 2 aromatic rings. The van der Waals surface area contributed by atoms with Crippen molar-refractivity contribution >= 4 is 34.8 Å². The third kappa shape index (κ3) is 4.43. The standard InChI is InChI=1S/C16H19ClN4O/c1-3-11(4-2)16(22)19-15-9-8-14(20-21-15)18-13-7-5-6-12(17)10-13/h5-11H,3-4H2,1-2H3,(H,18,20)(H,19,21,22). The molecule has 0 atom stereocenters. The van der Waals surface area contributed by atoms with Crippen LogP contribution in [0.15, 0.2) is 36.4 Å². The summed E-state index contributed by atoms with van der Waals surface area (Å²) in [5.41, 5.74) is 0.829. The Morgan fingerprint density at radius 2 is 1.82 bits per heavy atom. The molecule has 0 saturated heterocycles. The Hall–Kier alpha value is -2.14. The van der Waals surface area contributed by atoms with Crippen molar-refractivity contribution in [3.8, 4) is 0 Å². The Morgan fingerprint density at radius 1 is 1.14 bits per heavy atom. The number of halogens is 1. The molecule has 1 aromatic heterocycles. The van der Waals surface area contributed by atoms with Crippen LogP contribution < -0.4 is 10.6 Å². The lowest BCUT2D eigenvalue weighted by molar-refractivity contribution is -0.120. The van der Waals surface area contributed by atoms with E-state index in [1.165, 1.54) is 0 Å². The van der Waals surface area contributed by atoms with Crippen molar-refractivity contribution in [2.24, 2.45) is 5.92 Å². The van der Waals surface area contributed by atoms with Crippen LogP contribution in [0.2, 0.25) is 5.02 Å². The van der Waals surface area contributed by atoms with Crippen molar-refractivity contribution < 1.29 is 4.79 Å². The topological polar surface area (TPSA) is 66.9 Å². The number of anilines is 3. The van der Waals surface area contributed by atoms with Crippen molar-refractivity contribution in [2.45, 2.75) is 26.7 Å². The zero-order chi connectivity index (χ0) is 15.9. The number of hydrogen-bond donors (Lipinski definition) is 2. The van der Waals surface area contributed by atoms with E-state index in [-0.39, 0.29) is 11.8 Å². The number of hydrogen-bond acceptors (Lipinski definition) is 4. The molecule has 22 heavy (non-hydrogen) atoms. The van der Waals surface area contributed by atoms with E-state index in [1.807, 2.05) is 26.0 Å². The maximum atomic E-state index is 12.0. The van der Waals surface area contributed by atoms with Gasteiger partial charge < -0.3 is 10.6 Å². The maximum Gasteiger partial charge on any atom is 0.228 e. The molecule has 2 rings (SSSR count). The first-order valence-electron chi connectivity index (χ1n) is 7.29. The van der Waals surface area contributed by atoms with Crippen LogP contribution >= 0.6 is 11.6 Å². The predicted molar refractivity (Wildman–Crippen MR) is 89.5 cm³/mol. The van der Waals surface area contributed by atoms with E-state index >= 15 is 0 Å². The molecule has 0 fully saturated rings. The average Bonchev–Trinajstić information content (AvgIpc) is 2.50. The molecule has 0 saturated carbocycles. The van der Waals surface area contributed by atoms with Gasteiger partial charge in [-0.05, 0) is 43.2 Å².